The lowest BCUT2D eigenvalue weighted by Crippen LogP contribution is -2.45. The molecule has 126 valence electrons. The number of hydrogen-bond acceptors (Lipinski definition) is 6. The highest BCUT2D eigenvalue weighted by molar-refractivity contribution is 7.13. The van der Waals surface area contributed by atoms with Gasteiger partial charge >= 0.3 is 0 Å². The number of hydrogen-bond donors (Lipinski definition) is 1. The van der Waals surface area contributed by atoms with E-state index in [-0.39, 0.29) is 17.7 Å². The van der Waals surface area contributed by atoms with Crippen LogP contribution in [0.15, 0.2) is 28.6 Å². The fourth-order valence-corrected chi connectivity index (χ4v) is 3.81. The number of rotatable bonds is 4. The number of oxazole rings is 1. The molecule has 1 aliphatic heterocycles. The third-order valence-electron chi connectivity index (χ3n) is 4.88. The Balaban J connectivity index is 1.35. The molecule has 2 aliphatic rings. The molecule has 0 bridgehead atoms. The molecular formula is C16H18N4O3S. The van der Waals surface area contributed by atoms with Gasteiger partial charge in [0.1, 0.15) is 11.2 Å². The van der Waals surface area contributed by atoms with Crippen molar-refractivity contribution >= 4 is 28.3 Å². The van der Waals surface area contributed by atoms with E-state index < -0.39 is 5.41 Å². The average molecular weight is 346 g/mol. The zero-order valence-electron chi connectivity index (χ0n) is 13.1. The Morgan fingerprint density at radius 1 is 1.33 bits per heavy atom. The monoisotopic (exact) mass is 346 g/mol. The Morgan fingerprint density at radius 3 is 2.71 bits per heavy atom. The van der Waals surface area contributed by atoms with E-state index in [1.54, 1.807) is 12.4 Å². The lowest BCUT2D eigenvalue weighted by atomic mass is 9.93. The lowest BCUT2D eigenvalue weighted by Gasteiger charge is -2.33. The number of thiazole rings is 1. The van der Waals surface area contributed by atoms with Crippen molar-refractivity contribution in [3.05, 3.63) is 29.9 Å². The highest BCUT2D eigenvalue weighted by Gasteiger charge is 2.56. The maximum absolute atomic E-state index is 12.8. The minimum atomic E-state index is -0.507. The van der Waals surface area contributed by atoms with Crippen LogP contribution in [0.1, 0.15) is 31.4 Å². The Kier molecular flexibility index (Phi) is 3.84. The predicted molar refractivity (Wildman–Crippen MR) is 87.5 cm³/mol. The van der Waals surface area contributed by atoms with Crippen molar-refractivity contribution in [3.63, 3.8) is 0 Å². The summed E-state index contributed by atoms with van der Waals surface area (Å²) in [7, 11) is 0. The molecule has 0 atom stereocenters. The Hall–Kier alpha value is -2.22. The molecule has 2 aromatic heterocycles. The van der Waals surface area contributed by atoms with Crippen molar-refractivity contribution < 1.29 is 14.0 Å². The number of likely N-dealkylation sites (tertiary alicyclic amines) is 1. The molecule has 1 saturated carbocycles. The summed E-state index contributed by atoms with van der Waals surface area (Å²) >= 11 is 1.41. The molecule has 2 aromatic rings. The minimum absolute atomic E-state index is 0.00609. The van der Waals surface area contributed by atoms with Gasteiger partial charge in [0.25, 0.3) is 0 Å². The van der Waals surface area contributed by atoms with E-state index in [4.69, 9.17) is 4.42 Å². The van der Waals surface area contributed by atoms with Crippen LogP contribution < -0.4 is 5.32 Å². The van der Waals surface area contributed by atoms with E-state index in [1.165, 1.54) is 17.7 Å². The van der Waals surface area contributed by atoms with Crippen molar-refractivity contribution in [1.29, 1.82) is 0 Å². The summed E-state index contributed by atoms with van der Waals surface area (Å²) < 4.78 is 5.36. The molecule has 3 heterocycles. The SMILES string of the molecule is O=C(Nc1nccs1)C1CCN(C(=O)C2(c3cnco3)CC2)CC1. The normalized spacial score (nSPS) is 19.9. The molecule has 24 heavy (non-hydrogen) atoms. The van der Waals surface area contributed by atoms with Crippen LogP contribution in [0.2, 0.25) is 0 Å². The molecule has 0 radical (unpaired) electrons. The lowest BCUT2D eigenvalue weighted by molar-refractivity contribution is -0.137. The first kappa shape index (κ1) is 15.3. The molecule has 8 heteroatoms. The molecule has 2 fully saturated rings. The maximum atomic E-state index is 12.8. The van der Waals surface area contributed by atoms with E-state index in [2.05, 4.69) is 15.3 Å². The number of amides is 2. The largest absolute Gasteiger partial charge is 0.447 e. The second kappa shape index (κ2) is 6.01. The second-order valence-corrected chi connectivity index (χ2v) is 7.24. The van der Waals surface area contributed by atoms with Gasteiger partial charge < -0.3 is 14.6 Å². The van der Waals surface area contributed by atoms with Gasteiger partial charge in [0, 0.05) is 30.6 Å². The van der Waals surface area contributed by atoms with E-state index >= 15 is 0 Å². The van der Waals surface area contributed by atoms with Crippen molar-refractivity contribution in [1.82, 2.24) is 14.9 Å². The van der Waals surface area contributed by atoms with Gasteiger partial charge in [-0.3, -0.25) is 9.59 Å². The van der Waals surface area contributed by atoms with Gasteiger partial charge in [0.2, 0.25) is 11.8 Å². The van der Waals surface area contributed by atoms with Gasteiger partial charge in [-0.25, -0.2) is 9.97 Å². The van der Waals surface area contributed by atoms with E-state index in [9.17, 15) is 9.59 Å². The summed E-state index contributed by atoms with van der Waals surface area (Å²) in [5.41, 5.74) is -0.507. The summed E-state index contributed by atoms with van der Waals surface area (Å²) in [6.07, 6.45) is 7.65. The van der Waals surface area contributed by atoms with E-state index in [1.807, 2.05) is 10.3 Å². The molecular weight excluding hydrogens is 328 g/mol. The number of piperidine rings is 1. The van der Waals surface area contributed by atoms with Crippen molar-refractivity contribution in [2.45, 2.75) is 31.1 Å². The van der Waals surface area contributed by atoms with Crippen LogP contribution in [0, 0.1) is 5.92 Å². The summed E-state index contributed by atoms with van der Waals surface area (Å²) in [6, 6.07) is 0. The molecule has 4 rings (SSSR count). The molecule has 0 aromatic carbocycles. The minimum Gasteiger partial charge on any atom is -0.447 e. The Labute approximate surface area is 143 Å². The number of carbonyl (C=O) groups is 2. The van der Waals surface area contributed by atoms with Crippen LogP contribution in [0.4, 0.5) is 5.13 Å². The van der Waals surface area contributed by atoms with Gasteiger partial charge in [-0.1, -0.05) is 0 Å². The zero-order chi connectivity index (χ0) is 16.6. The molecule has 7 nitrogen and oxygen atoms in total. The number of nitrogens with one attached hydrogen (secondary N) is 1. The molecule has 1 saturated heterocycles. The topological polar surface area (TPSA) is 88.3 Å². The van der Waals surface area contributed by atoms with E-state index in [0.717, 1.165) is 12.8 Å². The number of nitrogens with zero attached hydrogens (tertiary/aromatic N) is 3. The van der Waals surface area contributed by atoms with E-state index in [0.29, 0.717) is 36.8 Å². The summed E-state index contributed by atoms with van der Waals surface area (Å²) in [4.78, 5) is 35.0. The van der Waals surface area contributed by atoms with Crippen molar-refractivity contribution in [3.8, 4) is 0 Å². The molecule has 1 aliphatic carbocycles. The van der Waals surface area contributed by atoms with Gasteiger partial charge in [-0.05, 0) is 25.7 Å². The first-order valence-electron chi connectivity index (χ1n) is 8.08. The number of anilines is 1. The molecule has 2 amide bonds. The fourth-order valence-electron chi connectivity index (χ4n) is 3.28. The standard InChI is InChI=1S/C16H18N4O3S/c21-13(19-15-18-5-8-24-15)11-1-6-20(7-2-11)14(22)16(3-4-16)12-9-17-10-23-12/h5,8-11H,1-4,6-7H2,(H,18,19,21). The number of aromatic nitrogens is 2. The fraction of sp³-hybridized carbons (Fsp3) is 0.500. The Bertz CT molecular complexity index is 717. The second-order valence-electron chi connectivity index (χ2n) is 6.34. The van der Waals surface area contributed by atoms with Gasteiger partial charge in [0.05, 0.1) is 6.20 Å². The van der Waals surface area contributed by atoms with Crippen LogP contribution in [-0.2, 0) is 15.0 Å². The van der Waals surface area contributed by atoms with Crippen molar-refractivity contribution in [2.24, 2.45) is 5.92 Å². The van der Waals surface area contributed by atoms with Crippen molar-refractivity contribution in [2.75, 3.05) is 18.4 Å². The average Bonchev–Trinajstić information content (AvgIpc) is 3.03. The van der Waals surface area contributed by atoms with Gasteiger partial charge in [-0.15, -0.1) is 11.3 Å². The summed E-state index contributed by atoms with van der Waals surface area (Å²) in [5, 5.41) is 5.30. The summed E-state index contributed by atoms with van der Waals surface area (Å²) in [6.45, 7) is 1.20. The van der Waals surface area contributed by atoms with Crippen LogP contribution in [0.25, 0.3) is 0 Å². The third kappa shape index (κ3) is 2.71. The van der Waals surface area contributed by atoms with Gasteiger partial charge in [0.15, 0.2) is 11.5 Å². The highest BCUT2D eigenvalue weighted by atomic mass is 32.1. The predicted octanol–water partition coefficient (Wildman–Crippen LogP) is 2.04. The quantitative estimate of drug-likeness (QED) is 0.915. The first-order valence-corrected chi connectivity index (χ1v) is 8.96. The van der Waals surface area contributed by atoms with Crippen LogP contribution in [0.5, 0.6) is 0 Å². The zero-order valence-corrected chi connectivity index (χ0v) is 13.9. The van der Waals surface area contributed by atoms with Gasteiger partial charge in [-0.2, -0.15) is 0 Å². The molecule has 0 spiro atoms. The number of carbonyl (C=O) groups excluding carboxylic acids is 2. The van der Waals surface area contributed by atoms with Crippen LogP contribution in [-0.4, -0.2) is 39.8 Å². The highest BCUT2D eigenvalue weighted by Crippen LogP contribution is 2.49. The smallest absolute Gasteiger partial charge is 0.236 e. The maximum Gasteiger partial charge on any atom is 0.236 e. The Morgan fingerprint density at radius 2 is 2.12 bits per heavy atom. The van der Waals surface area contributed by atoms with Crippen LogP contribution >= 0.6 is 11.3 Å². The van der Waals surface area contributed by atoms with Crippen LogP contribution in [0.3, 0.4) is 0 Å². The molecule has 0 unspecified atom stereocenters. The first-order chi connectivity index (χ1) is 11.7. The third-order valence-corrected chi connectivity index (χ3v) is 5.57. The molecule has 1 N–H and O–H groups in total. The summed E-state index contributed by atoms with van der Waals surface area (Å²) in [5.74, 6) is 0.695.